The van der Waals surface area contributed by atoms with Crippen LogP contribution in [0.2, 0.25) is 0 Å². The number of carbonyl (C=O) groups excluding carboxylic acids is 1. The minimum Gasteiger partial charge on any atom is -0.370 e. The van der Waals surface area contributed by atoms with Crippen molar-refractivity contribution >= 4 is 5.91 Å². The number of rotatable bonds is 2. The van der Waals surface area contributed by atoms with Gasteiger partial charge in [0.15, 0.2) is 0 Å². The molecule has 0 aromatic carbocycles. The highest BCUT2D eigenvalue weighted by Crippen LogP contribution is 2.30. The minimum atomic E-state index is -0.494. The lowest BCUT2D eigenvalue weighted by Gasteiger charge is -2.23. The van der Waals surface area contributed by atoms with Crippen molar-refractivity contribution in [3.8, 4) is 0 Å². The summed E-state index contributed by atoms with van der Waals surface area (Å²) in [6, 6.07) is 0. The van der Waals surface area contributed by atoms with Crippen molar-refractivity contribution in [2.45, 2.75) is 25.4 Å². The van der Waals surface area contributed by atoms with Crippen molar-refractivity contribution in [2.24, 2.45) is 5.73 Å². The second kappa shape index (κ2) is 2.66. The van der Waals surface area contributed by atoms with Crippen molar-refractivity contribution in [2.75, 3.05) is 6.61 Å². The molecule has 0 aromatic rings. The number of ether oxygens (including phenoxy) is 1. The fraction of sp³-hybridized carbons (Fsp3) is 0.625. The van der Waals surface area contributed by atoms with Crippen LogP contribution in [0.5, 0.6) is 0 Å². The van der Waals surface area contributed by atoms with Crippen molar-refractivity contribution in [1.82, 2.24) is 0 Å². The first kappa shape index (κ1) is 8.27. The summed E-state index contributed by atoms with van der Waals surface area (Å²) in [5.41, 5.74) is 4.97. The molecule has 0 aromatic heterocycles. The first-order valence-electron chi connectivity index (χ1n) is 3.69. The van der Waals surface area contributed by atoms with Gasteiger partial charge in [-0.15, -0.1) is 0 Å². The molecule has 0 saturated carbocycles. The Kier molecular flexibility index (Phi) is 2.00. The van der Waals surface area contributed by atoms with E-state index in [-0.39, 0.29) is 0 Å². The number of hydrogen-bond donors (Lipinski definition) is 1. The largest absolute Gasteiger partial charge is 0.370 e. The third-order valence-corrected chi connectivity index (χ3v) is 2.15. The summed E-state index contributed by atoms with van der Waals surface area (Å²) in [6.07, 6.45) is 1.82. The fourth-order valence-corrected chi connectivity index (χ4v) is 1.28. The van der Waals surface area contributed by atoms with Crippen molar-refractivity contribution in [1.29, 1.82) is 0 Å². The van der Waals surface area contributed by atoms with Crippen LogP contribution >= 0.6 is 0 Å². The van der Waals surface area contributed by atoms with Crippen LogP contribution in [0, 0.1) is 0 Å². The highest BCUT2D eigenvalue weighted by Gasteiger charge is 2.35. The molecule has 1 aliphatic heterocycles. The summed E-state index contributed by atoms with van der Waals surface area (Å²) in [5.74, 6) is -0.464. The van der Waals surface area contributed by atoms with E-state index in [0.29, 0.717) is 12.2 Å². The van der Waals surface area contributed by atoms with Crippen molar-refractivity contribution < 1.29 is 9.53 Å². The van der Waals surface area contributed by atoms with Gasteiger partial charge in [0.25, 0.3) is 0 Å². The Balaban J connectivity index is 2.71. The molecule has 1 rings (SSSR count). The van der Waals surface area contributed by atoms with E-state index in [0.717, 1.165) is 12.8 Å². The SMILES string of the molecule is C=C(C(N)=O)C1(C)CCCO1. The van der Waals surface area contributed by atoms with Gasteiger partial charge in [-0.25, -0.2) is 0 Å². The summed E-state index contributed by atoms with van der Waals surface area (Å²) in [7, 11) is 0. The number of primary amides is 1. The van der Waals surface area contributed by atoms with Gasteiger partial charge in [0.2, 0.25) is 5.91 Å². The molecule has 0 spiro atoms. The van der Waals surface area contributed by atoms with Crippen LogP contribution in [-0.2, 0) is 9.53 Å². The van der Waals surface area contributed by atoms with Gasteiger partial charge >= 0.3 is 0 Å². The molecule has 62 valence electrons. The van der Waals surface area contributed by atoms with Crippen LogP contribution in [0.3, 0.4) is 0 Å². The zero-order chi connectivity index (χ0) is 8.48. The molecule has 0 bridgehead atoms. The molecule has 1 aliphatic rings. The highest BCUT2D eigenvalue weighted by molar-refractivity contribution is 5.93. The first-order chi connectivity index (χ1) is 5.06. The number of nitrogens with two attached hydrogens (primary N) is 1. The van der Waals surface area contributed by atoms with Gasteiger partial charge in [-0.3, -0.25) is 4.79 Å². The third kappa shape index (κ3) is 1.43. The maximum absolute atomic E-state index is 10.7. The number of carbonyl (C=O) groups is 1. The molecule has 3 nitrogen and oxygen atoms in total. The van der Waals surface area contributed by atoms with Crippen molar-refractivity contribution in [3.63, 3.8) is 0 Å². The van der Waals surface area contributed by atoms with Crippen molar-refractivity contribution in [3.05, 3.63) is 12.2 Å². The van der Waals surface area contributed by atoms with E-state index in [1.807, 2.05) is 6.92 Å². The third-order valence-electron chi connectivity index (χ3n) is 2.15. The standard InChI is InChI=1S/C8H13NO2/c1-6(7(9)10)8(2)4-3-5-11-8/h1,3-5H2,2H3,(H2,9,10). The van der Waals surface area contributed by atoms with E-state index in [1.165, 1.54) is 0 Å². The molecule has 1 atom stereocenters. The second-order valence-corrected chi connectivity index (χ2v) is 3.03. The molecule has 1 unspecified atom stereocenters. The Labute approximate surface area is 66.2 Å². The average Bonchev–Trinajstić information content (AvgIpc) is 2.35. The Morgan fingerprint density at radius 3 is 2.73 bits per heavy atom. The van der Waals surface area contributed by atoms with Gasteiger partial charge in [-0.05, 0) is 19.8 Å². The summed E-state index contributed by atoms with van der Waals surface area (Å²) in [5, 5.41) is 0. The average molecular weight is 155 g/mol. The maximum atomic E-state index is 10.7. The van der Waals surface area contributed by atoms with E-state index in [9.17, 15) is 4.79 Å². The summed E-state index contributed by atoms with van der Waals surface area (Å²) < 4.78 is 5.36. The molecular formula is C8H13NO2. The molecule has 1 heterocycles. The van der Waals surface area contributed by atoms with Crippen LogP contribution < -0.4 is 5.73 Å². The van der Waals surface area contributed by atoms with Gasteiger partial charge in [-0.1, -0.05) is 6.58 Å². The molecule has 1 saturated heterocycles. The first-order valence-corrected chi connectivity index (χ1v) is 3.69. The topological polar surface area (TPSA) is 52.3 Å². The smallest absolute Gasteiger partial charge is 0.246 e. The minimum absolute atomic E-state index is 0.384. The predicted molar refractivity (Wildman–Crippen MR) is 41.9 cm³/mol. The van der Waals surface area contributed by atoms with Gasteiger partial charge < -0.3 is 10.5 Å². The zero-order valence-electron chi connectivity index (χ0n) is 6.72. The van der Waals surface area contributed by atoms with Crippen LogP contribution in [0.1, 0.15) is 19.8 Å². The number of amides is 1. The molecule has 1 fully saturated rings. The Morgan fingerprint density at radius 1 is 1.73 bits per heavy atom. The van der Waals surface area contributed by atoms with E-state index in [4.69, 9.17) is 10.5 Å². The Bertz CT molecular complexity index is 192. The molecule has 3 heteroatoms. The zero-order valence-corrected chi connectivity index (χ0v) is 6.72. The lowest BCUT2D eigenvalue weighted by molar-refractivity contribution is -0.116. The molecule has 0 aliphatic carbocycles. The molecule has 1 amide bonds. The second-order valence-electron chi connectivity index (χ2n) is 3.03. The van der Waals surface area contributed by atoms with Crippen LogP contribution in [0.15, 0.2) is 12.2 Å². The Hall–Kier alpha value is -0.830. The lowest BCUT2D eigenvalue weighted by atomic mass is 9.93. The van der Waals surface area contributed by atoms with E-state index >= 15 is 0 Å². The van der Waals surface area contributed by atoms with E-state index < -0.39 is 11.5 Å². The normalized spacial score (nSPS) is 30.3. The van der Waals surface area contributed by atoms with Gasteiger partial charge in [-0.2, -0.15) is 0 Å². The van der Waals surface area contributed by atoms with Gasteiger partial charge in [0.1, 0.15) is 0 Å². The van der Waals surface area contributed by atoms with Gasteiger partial charge in [0.05, 0.1) is 5.60 Å². The molecular weight excluding hydrogens is 142 g/mol. The molecule has 2 N–H and O–H groups in total. The van der Waals surface area contributed by atoms with E-state index in [1.54, 1.807) is 0 Å². The summed E-state index contributed by atoms with van der Waals surface area (Å²) >= 11 is 0. The summed E-state index contributed by atoms with van der Waals surface area (Å²) in [4.78, 5) is 10.7. The molecule has 11 heavy (non-hydrogen) atoms. The predicted octanol–water partition coefficient (Wildman–Crippen LogP) is 0.597. The van der Waals surface area contributed by atoms with Crippen LogP contribution in [0.25, 0.3) is 0 Å². The van der Waals surface area contributed by atoms with Gasteiger partial charge in [0, 0.05) is 12.2 Å². The number of hydrogen-bond acceptors (Lipinski definition) is 2. The lowest BCUT2D eigenvalue weighted by Crippen LogP contribution is -2.33. The fourth-order valence-electron chi connectivity index (χ4n) is 1.28. The molecule has 0 radical (unpaired) electrons. The highest BCUT2D eigenvalue weighted by atomic mass is 16.5. The quantitative estimate of drug-likeness (QED) is 0.593. The van der Waals surface area contributed by atoms with Crippen LogP contribution in [0.4, 0.5) is 0 Å². The monoisotopic (exact) mass is 155 g/mol. The van der Waals surface area contributed by atoms with Crippen LogP contribution in [-0.4, -0.2) is 18.1 Å². The Morgan fingerprint density at radius 2 is 2.36 bits per heavy atom. The maximum Gasteiger partial charge on any atom is 0.246 e. The summed E-state index contributed by atoms with van der Waals surface area (Å²) in [6.45, 7) is 6.16. The van der Waals surface area contributed by atoms with E-state index in [2.05, 4.69) is 6.58 Å².